The van der Waals surface area contributed by atoms with Crippen molar-refractivity contribution in [3.8, 4) is 0 Å². The zero-order valence-corrected chi connectivity index (χ0v) is 11.2. The predicted octanol–water partition coefficient (Wildman–Crippen LogP) is 2.86. The molecule has 4 nitrogen and oxygen atoms in total. The maximum absolute atomic E-state index is 5.69. The highest BCUT2D eigenvalue weighted by atomic mass is 16.5. The van der Waals surface area contributed by atoms with Gasteiger partial charge in [0.25, 0.3) is 0 Å². The molecule has 0 bridgehead atoms. The Morgan fingerprint density at radius 1 is 1.24 bits per heavy atom. The number of rotatable bonds is 7. The van der Waals surface area contributed by atoms with Crippen LogP contribution in [-0.2, 0) is 11.3 Å². The summed E-state index contributed by atoms with van der Waals surface area (Å²) in [6.07, 6.45) is 4.85. The Hall–Kier alpha value is -1.16. The van der Waals surface area contributed by atoms with Crippen LogP contribution in [0.1, 0.15) is 39.8 Å². The molecule has 0 amide bonds. The van der Waals surface area contributed by atoms with E-state index in [1.165, 1.54) is 0 Å². The minimum atomic E-state index is 0.245. The highest BCUT2D eigenvalue weighted by Crippen LogP contribution is 2.08. The van der Waals surface area contributed by atoms with Crippen molar-refractivity contribution >= 4 is 5.82 Å². The van der Waals surface area contributed by atoms with Crippen LogP contribution in [0.15, 0.2) is 12.4 Å². The van der Waals surface area contributed by atoms with Crippen molar-refractivity contribution in [2.75, 3.05) is 11.9 Å². The van der Waals surface area contributed by atoms with Gasteiger partial charge in [0.15, 0.2) is 0 Å². The third kappa shape index (κ3) is 5.13. The van der Waals surface area contributed by atoms with Crippen LogP contribution in [0.3, 0.4) is 0 Å². The second-order valence-corrected chi connectivity index (χ2v) is 4.58. The molecule has 0 aliphatic rings. The third-order valence-electron chi connectivity index (χ3n) is 2.69. The summed E-state index contributed by atoms with van der Waals surface area (Å²) < 4.78 is 5.69. The number of hydrogen-bond acceptors (Lipinski definition) is 4. The van der Waals surface area contributed by atoms with E-state index in [1.807, 2.05) is 0 Å². The molecule has 0 saturated carbocycles. The minimum Gasteiger partial charge on any atom is -0.372 e. The monoisotopic (exact) mass is 237 g/mol. The lowest BCUT2D eigenvalue weighted by atomic mass is 10.1. The van der Waals surface area contributed by atoms with E-state index in [9.17, 15) is 0 Å². The second-order valence-electron chi connectivity index (χ2n) is 4.58. The number of ether oxygens (including phenoxy) is 1. The summed E-state index contributed by atoms with van der Waals surface area (Å²) >= 11 is 0. The highest BCUT2D eigenvalue weighted by molar-refractivity contribution is 5.30. The number of aromatic nitrogens is 2. The Labute approximate surface area is 104 Å². The molecule has 0 saturated heterocycles. The summed E-state index contributed by atoms with van der Waals surface area (Å²) in [4.78, 5) is 8.60. The Bertz CT molecular complexity index is 311. The molecule has 1 N–H and O–H groups in total. The van der Waals surface area contributed by atoms with Crippen LogP contribution in [-0.4, -0.2) is 22.6 Å². The lowest BCUT2D eigenvalue weighted by Crippen LogP contribution is -2.15. The number of nitrogens with one attached hydrogen (secondary N) is 1. The second kappa shape index (κ2) is 7.22. The Morgan fingerprint density at radius 3 is 2.53 bits per heavy atom. The molecule has 0 fully saturated rings. The van der Waals surface area contributed by atoms with Gasteiger partial charge in [0.05, 0.1) is 30.8 Å². The molecule has 1 rings (SSSR count). The largest absolute Gasteiger partial charge is 0.372 e. The smallest absolute Gasteiger partial charge is 0.144 e. The van der Waals surface area contributed by atoms with Gasteiger partial charge < -0.3 is 10.1 Å². The summed E-state index contributed by atoms with van der Waals surface area (Å²) in [5.74, 6) is 1.35. The van der Waals surface area contributed by atoms with Crippen molar-refractivity contribution in [2.45, 2.75) is 46.8 Å². The molecule has 1 heterocycles. The summed E-state index contributed by atoms with van der Waals surface area (Å²) in [6.45, 7) is 9.95. The van der Waals surface area contributed by atoms with E-state index in [2.05, 4.69) is 43.0 Å². The highest BCUT2D eigenvalue weighted by Gasteiger charge is 2.07. The first kappa shape index (κ1) is 13.9. The average Bonchev–Trinajstić information content (AvgIpc) is 2.34. The topological polar surface area (TPSA) is 47.0 Å². The van der Waals surface area contributed by atoms with Crippen LogP contribution < -0.4 is 5.32 Å². The number of hydrogen-bond donors (Lipinski definition) is 1. The van der Waals surface area contributed by atoms with Crippen molar-refractivity contribution in [3.63, 3.8) is 0 Å². The Morgan fingerprint density at radius 2 is 2.00 bits per heavy atom. The van der Waals surface area contributed by atoms with Gasteiger partial charge in [-0.15, -0.1) is 0 Å². The van der Waals surface area contributed by atoms with E-state index < -0.39 is 0 Å². The van der Waals surface area contributed by atoms with Crippen molar-refractivity contribution in [3.05, 3.63) is 18.1 Å². The predicted molar refractivity (Wildman–Crippen MR) is 69.9 cm³/mol. The van der Waals surface area contributed by atoms with Crippen LogP contribution in [0.4, 0.5) is 5.82 Å². The summed E-state index contributed by atoms with van der Waals surface area (Å²) in [6, 6.07) is 0. The maximum Gasteiger partial charge on any atom is 0.144 e. The van der Waals surface area contributed by atoms with E-state index in [1.54, 1.807) is 12.4 Å². The van der Waals surface area contributed by atoms with Gasteiger partial charge in [0.2, 0.25) is 0 Å². The van der Waals surface area contributed by atoms with E-state index in [0.717, 1.165) is 24.5 Å². The molecule has 1 unspecified atom stereocenters. The van der Waals surface area contributed by atoms with E-state index in [0.29, 0.717) is 12.5 Å². The maximum atomic E-state index is 5.69. The molecule has 17 heavy (non-hydrogen) atoms. The molecule has 0 radical (unpaired) electrons. The zero-order chi connectivity index (χ0) is 12.7. The van der Waals surface area contributed by atoms with Crippen LogP contribution in [0.5, 0.6) is 0 Å². The Balaban J connectivity index is 2.40. The Kier molecular flexibility index (Phi) is 5.91. The molecule has 96 valence electrons. The molecule has 0 aliphatic heterocycles. The van der Waals surface area contributed by atoms with Crippen molar-refractivity contribution in [2.24, 2.45) is 5.92 Å². The SMILES string of the molecule is CCCNc1cnc(COC(C)C(C)C)cn1. The van der Waals surface area contributed by atoms with Gasteiger partial charge in [0.1, 0.15) is 5.82 Å². The molecular weight excluding hydrogens is 214 g/mol. The fraction of sp³-hybridized carbons (Fsp3) is 0.692. The lowest BCUT2D eigenvalue weighted by Gasteiger charge is -2.16. The lowest BCUT2D eigenvalue weighted by molar-refractivity contribution is 0.0217. The first-order valence-corrected chi connectivity index (χ1v) is 6.29. The van der Waals surface area contributed by atoms with Crippen LogP contribution in [0, 0.1) is 5.92 Å². The quantitative estimate of drug-likeness (QED) is 0.792. The van der Waals surface area contributed by atoms with Crippen LogP contribution in [0.2, 0.25) is 0 Å². The first-order valence-electron chi connectivity index (χ1n) is 6.29. The minimum absolute atomic E-state index is 0.245. The normalized spacial score (nSPS) is 12.8. The average molecular weight is 237 g/mol. The molecule has 0 aliphatic carbocycles. The summed E-state index contributed by atoms with van der Waals surface area (Å²) in [5.41, 5.74) is 0.875. The van der Waals surface area contributed by atoms with Gasteiger partial charge in [-0.3, -0.25) is 4.98 Å². The molecule has 1 aromatic heterocycles. The van der Waals surface area contributed by atoms with Crippen LogP contribution in [0.25, 0.3) is 0 Å². The van der Waals surface area contributed by atoms with E-state index in [4.69, 9.17) is 4.74 Å². The molecular formula is C13H23N3O. The van der Waals surface area contributed by atoms with Gasteiger partial charge in [-0.2, -0.15) is 0 Å². The first-order chi connectivity index (χ1) is 8.13. The van der Waals surface area contributed by atoms with Gasteiger partial charge >= 0.3 is 0 Å². The van der Waals surface area contributed by atoms with E-state index >= 15 is 0 Å². The molecule has 0 spiro atoms. The summed E-state index contributed by atoms with van der Waals surface area (Å²) in [5, 5.41) is 3.19. The van der Waals surface area contributed by atoms with E-state index in [-0.39, 0.29) is 6.10 Å². The fourth-order valence-electron chi connectivity index (χ4n) is 1.18. The van der Waals surface area contributed by atoms with Crippen molar-refractivity contribution < 1.29 is 4.74 Å². The third-order valence-corrected chi connectivity index (χ3v) is 2.69. The standard InChI is InChI=1S/C13H23N3O/c1-5-6-14-13-8-15-12(7-16-13)9-17-11(4)10(2)3/h7-8,10-11H,5-6,9H2,1-4H3,(H,14,16). The fourth-order valence-corrected chi connectivity index (χ4v) is 1.18. The number of anilines is 1. The number of nitrogens with zero attached hydrogens (tertiary/aromatic N) is 2. The van der Waals surface area contributed by atoms with Crippen LogP contribution >= 0.6 is 0 Å². The van der Waals surface area contributed by atoms with Gasteiger partial charge in [-0.1, -0.05) is 20.8 Å². The molecule has 1 aromatic rings. The van der Waals surface area contributed by atoms with Gasteiger partial charge in [-0.05, 0) is 19.3 Å². The molecule has 0 aromatic carbocycles. The summed E-state index contributed by atoms with van der Waals surface area (Å²) in [7, 11) is 0. The van der Waals surface area contributed by atoms with Crippen molar-refractivity contribution in [1.82, 2.24) is 9.97 Å². The van der Waals surface area contributed by atoms with Gasteiger partial charge in [-0.25, -0.2) is 4.98 Å². The molecule has 1 atom stereocenters. The molecule has 4 heteroatoms. The van der Waals surface area contributed by atoms with Crippen molar-refractivity contribution in [1.29, 1.82) is 0 Å². The van der Waals surface area contributed by atoms with Gasteiger partial charge in [0, 0.05) is 6.54 Å². The zero-order valence-electron chi connectivity index (χ0n) is 11.2.